The summed E-state index contributed by atoms with van der Waals surface area (Å²) in [5, 5.41) is 0. The van der Waals surface area contributed by atoms with Crippen molar-refractivity contribution in [2.45, 2.75) is 13.5 Å². The third-order valence-electron chi connectivity index (χ3n) is 1.12. The molecular formula is C6H10ClN3O. The van der Waals surface area contributed by atoms with E-state index in [-0.39, 0.29) is 18.0 Å². The molecule has 0 aliphatic heterocycles. The van der Waals surface area contributed by atoms with Gasteiger partial charge >= 0.3 is 0 Å². The summed E-state index contributed by atoms with van der Waals surface area (Å²) < 4.78 is 0. The second-order valence-corrected chi connectivity index (χ2v) is 2.03. The van der Waals surface area contributed by atoms with E-state index in [1.54, 1.807) is 6.92 Å². The molecule has 4 nitrogen and oxygen atoms in total. The lowest BCUT2D eigenvalue weighted by molar-refractivity contribution is 0.909. The van der Waals surface area contributed by atoms with Crippen LogP contribution in [0.1, 0.15) is 11.5 Å². The van der Waals surface area contributed by atoms with Crippen LogP contribution in [0, 0.1) is 6.92 Å². The predicted molar refractivity (Wildman–Crippen MR) is 44.7 cm³/mol. The van der Waals surface area contributed by atoms with Gasteiger partial charge in [0.05, 0.1) is 5.69 Å². The maximum Gasteiger partial charge on any atom is 0.251 e. The third-order valence-corrected chi connectivity index (χ3v) is 1.12. The van der Waals surface area contributed by atoms with Gasteiger partial charge in [0.15, 0.2) is 0 Å². The van der Waals surface area contributed by atoms with Crippen LogP contribution in [-0.2, 0) is 6.54 Å². The molecular weight excluding hydrogens is 166 g/mol. The van der Waals surface area contributed by atoms with Crippen LogP contribution in [-0.4, -0.2) is 9.97 Å². The minimum atomic E-state index is -0.145. The number of H-pyrrole nitrogens is 1. The lowest BCUT2D eigenvalue weighted by Gasteiger charge is -1.94. The van der Waals surface area contributed by atoms with Gasteiger partial charge in [-0.25, -0.2) is 4.98 Å². The first-order valence-electron chi connectivity index (χ1n) is 2.99. The summed E-state index contributed by atoms with van der Waals surface area (Å²) in [4.78, 5) is 17.2. The smallest absolute Gasteiger partial charge is 0.251 e. The lowest BCUT2D eigenvalue weighted by Crippen LogP contribution is -2.12. The first-order chi connectivity index (χ1) is 4.72. The van der Waals surface area contributed by atoms with Crippen LogP contribution < -0.4 is 11.3 Å². The van der Waals surface area contributed by atoms with Crippen LogP contribution in [0.5, 0.6) is 0 Å². The SMILES string of the molecule is Cc1nc(CN)cc(=O)[nH]1.Cl. The number of hydrogen-bond acceptors (Lipinski definition) is 3. The Labute approximate surface area is 70.3 Å². The van der Waals surface area contributed by atoms with Crippen LogP contribution in [0.15, 0.2) is 10.9 Å². The Kier molecular flexibility index (Phi) is 3.78. The van der Waals surface area contributed by atoms with Gasteiger partial charge in [0.25, 0.3) is 5.56 Å². The maximum atomic E-state index is 10.7. The van der Waals surface area contributed by atoms with Crippen LogP contribution in [0.25, 0.3) is 0 Å². The highest BCUT2D eigenvalue weighted by Crippen LogP contribution is 1.86. The molecule has 11 heavy (non-hydrogen) atoms. The number of nitrogens with one attached hydrogen (secondary N) is 1. The zero-order valence-corrected chi connectivity index (χ0v) is 6.94. The molecule has 0 amide bonds. The highest BCUT2D eigenvalue weighted by molar-refractivity contribution is 5.85. The second-order valence-electron chi connectivity index (χ2n) is 2.03. The molecule has 1 heterocycles. The average Bonchev–Trinajstić information content (AvgIpc) is 1.85. The van der Waals surface area contributed by atoms with Gasteiger partial charge in [0, 0.05) is 12.6 Å². The number of nitrogens with two attached hydrogens (primary N) is 1. The third kappa shape index (κ3) is 2.69. The number of hydrogen-bond donors (Lipinski definition) is 2. The van der Waals surface area contributed by atoms with E-state index in [1.165, 1.54) is 6.07 Å². The zero-order chi connectivity index (χ0) is 7.56. The van der Waals surface area contributed by atoms with Gasteiger partial charge in [-0.05, 0) is 6.92 Å². The van der Waals surface area contributed by atoms with E-state index in [0.29, 0.717) is 18.1 Å². The number of aromatic amines is 1. The molecule has 0 radical (unpaired) electrons. The molecule has 0 aliphatic rings. The quantitative estimate of drug-likeness (QED) is 0.629. The molecule has 0 unspecified atom stereocenters. The summed E-state index contributed by atoms with van der Waals surface area (Å²) in [6, 6.07) is 1.40. The number of nitrogens with zero attached hydrogens (tertiary/aromatic N) is 1. The second kappa shape index (κ2) is 4.10. The normalized spacial score (nSPS) is 8.91. The van der Waals surface area contributed by atoms with E-state index in [1.807, 2.05) is 0 Å². The monoisotopic (exact) mass is 175 g/mol. The van der Waals surface area contributed by atoms with Crippen molar-refractivity contribution in [2.24, 2.45) is 5.73 Å². The maximum absolute atomic E-state index is 10.7. The van der Waals surface area contributed by atoms with Crippen molar-refractivity contribution in [3.63, 3.8) is 0 Å². The molecule has 0 aromatic carbocycles. The Hall–Kier alpha value is -0.870. The van der Waals surface area contributed by atoms with Gasteiger partial charge in [-0.2, -0.15) is 0 Å². The summed E-state index contributed by atoms with van der Waals surface area (Å²) in [6.45, 7) is 2.03. The van der Waals surface area contributed by atoms with Crippen molar-refractivity contribution >= 4 is 12.4 Å². The fourth-order valence-corrected chi connectivity index (χ4v) is 0.746. The minimum Gasteiger partial charge on any atom is -0.325 e. The molecule has 62 valence electrons. The van der Waals surface area contributed by atoms with E-state index >= 15 is 0 Å². The van der Waals surface area contributed by atoms with Crippen molar-refractivity contribution in [1.82, 2.24) is 9.97 Å². The lowest BCUT2D eigenvalue weighted by atomic mass is 10.4. The fourth-order valence-electron chi connectivity index (χ4n) is 0.746. The molecule has 1 rings (SSSR count). The number of rotatable bonds is 1. The summed E-state index contributed by atoms with van der Waals surface area (Å²) in [5.74, 6) is 0.605. The number of aryl methyl sites for hydroxylation is 1. The predicted octanol–water partition coefficient (Wildman–Crippen LogP) is -0.0412. The first kappa shape index (κ1) is 10.1. The topological polar surface area (TPSA) is 71.8 Å². The van der Waals surface area contributed by atoms with Crippen LogP contribution in [0.4, 0.5) is 0 Å². The molecule has 0 saturated carbocycles. The molecule has 0 spiro atoms. The molecule has 0 bridgehead atoms. The standard InChI is InChI=1S/C6H9N3O.ClH/c1-4-8-5(3-7)2-6(10)9-4;/h2H,3,7H2,1H3,(H,8,9,10);1H. The fraction of sp³-hybridized carbons (Fsp3) is 0.333. The van der Waals surface area contributed by atoms with E-state index in [0.717, 1.165) is 0 Å². The van der Waals surface area contributed by atoms with Gasteiger partial charge in [0.2, 0.25) is 0 Å². The summed E-state index contributed by atoms with van der Waals surface area (Å²) >= 11 is 0. The highest BCUT2D eigenvalue weighted by atomic mass is 35.5. The molecule has 1 aromatic heterocycles. The van der Waals surface area contributed by atoms with Crippen molar-refractivity contribution in [3.05, 3.63) is 27.9 Å². The highest BCUT2D eigenvalue weighted by Gasteiger charge is 1.92. The summed E-state index contributed by atoms with van der Waals surface area (Å²) in [7, 11) is 0. The van der Waals surface area contributed by atoms with Crippen molar-refractivity contribution in [2.75, 3.05) is 0 Å². The van der Waals surface area contributed by atoms with E-state index < -0.39 is 0 Å². The molecule has 3 N–H and O–H groups in total. The molecule has 1 aromatic rings. The molecule has 0 atom stereocenters. The molecule has 0 saturated heterocycles. The number of aromatic nitrogens is 2. The van der Waals surface area contributed by atoms with Gasteiger partial charge in [0.1, 0.15) is 5.82 Å². The van der Waals surface area contributed by atoms with E-state index in [2.05, 4.69) is 9.97 Å². The van der Waals surface area contributed by atoms with Crippen LogP contribution in [0.3, 0.4) is 0 Å². The van der Waals surface area contributed by atoms with E-state index in [9.17, 15) is 4.79 Å². The Morgan fingerprint density at radius 1 is 1.73 bits per heavy atom. The first-order valence-corrected chi connectivity index (χ1v) is 2.99. The number of halogens is 1. The average molecular weight is 176 g/mol. The molecule has 0 fully saturated rings. The van der Waals surface area contributed by atoms with Gasteiger partial charge in [-0.15, -0.1) is 12.4 Å². The van der Waals surface area contributed by atoms with Crippen LogP contribution in [0.2, 0.25) is 0 Å². The van der Waals surface area contributed by atoms with Gasteiger partial charge in [-0.1, -0.05) is 0 Å². The summed E-state index contributed by atoms with van der Waals surface area (Å²) in [6.07, 6.45) is 0. The summed E-state index contributed by atoms with van der Waals surface area (Å²) in [5.41, 5.74) is 5.75. The Morgan fingerprint density at radius 3 is 2.82 bits per heavy atom. The molecule has 5 heteroatoms. The van der Waals surface area contributed by atoms with Crippen molar-refractivity contribution in [1.29, 1.82) is 0 Å². The molecule has 0 aliphatic carbocycles. The van der Waals surface area contributed by atoms with Crippen molar-refractivity contribution in [3.8, 4) is 0 Å². The van der Waals surface area contributed by atoms with Crippen molar-refractivity contribution < 1.29 is 0 Å². The minimum absolute atomic E-state index is 0. The Bertz CT molecular complexity index is 283. The Balaban J connectivity index is 0.000001000. The van der Waals surface area contributed by atoms with E-state index in [4.69, 9.17) is 5.73 Å². The van der Waals surface area contributed by atoms with Crippen LogP contribution >= 0.6 is 12.4 Å². The largest absolute Gasteiger partial charge is 0.325 e. The van der Waals surface area contributed by atoms with Gasteiger partial charge < -0.3 is 10.7 Å². The van der Waals surface area contributed by atoms with Gasteiger partial charge in [-0.3, -0.25) is 4.79 Å². The zero-order valence-electron chi connectivity index (χ0n) is 6.13. The Morgan fingerprint density at radius 2 is 2.36 bits per heavy atom.